The lowest BCUT2D eigenvalue weighted by atomic mass is 9.94. The third kappa shape index (κ3) is 3.34. The minimum absolute atomic E-state index is 0.0371. The van der Waals surface area contributed by atoms with E-state index < -0.39 is 0 Å². The van der Waals surface area contributed by atoms with Gasteiger partial charge in [-0.3, -0.25) is 9.48 Å². The number of ether oxygens (including phenoxy) is 1. The molecule has 1 atom stereocenters. The van der Waals surface area contributed by atoms with E-state index in [-0.39, 0.29) is 11.8 Å². The normalized spacial score (nSPS) is 18.0. The number of hydrogen-bond donors (Lipinski definition) is 0. The quantitative estimate of drug-likeness (QED) is 0.867. The SMILES string of the molecule is COc1ccc(Cl)cc1C(=O)N1CCC[C@@H](c2ccn(C)n2)C1. The second-order valence-electron chi connectivity index (χ2n) is 5.85. The van der Waals surface area contributed by atoms with Gasteiger partial charge in [0.2, 0.25) is 0 Å². The number of likely N-dealkylation sites (tertiary alicyclic amines) is 1. The Morgan fingerprint density at radius 2 is 2.22 bits per heavy atom. The number of rotatable bonds is 3. The molecule has 0 unspecified atom stereocenters. The summed E-state index contributed by atoms with van der Waals surface area (Å²) in [5.41, 5.74) is 1.56. The first-order chi connectivity index (χ1) is 11.1. The first-order valence-electron chi connectivity index (χ1n) is 7.71. The van der Waals surface area contributed by atoms with E-state index in [2.05, 4.69) is 5.10 Å². The van der Waals surface area contributed by atoms with E-state index in [1.165, 1.54) is 0 Å². The van der Waals surface area contributed by atoms with E-state index in [0.717, 1.165) is 25.1 Å². The molecule has 0 N–H and O–H groups in total. The fraction of sp³-hybridized carbons (Fsp3) is 0.412. The number of aromatic nitrogens is 2. The summed E-state index contributed by atoms with van der Waals surface area (Å²) in [6.07, 6.45) is 3.96. The lowest BCUT2D eigenvalue weighted by Gasteiger charge is -2.32. The lowest BCUT2D eigenvalue weighted by Crippen LogP contribution is -2.39. The molecule has 1 fully saturated rings. The molecule has 1 aromatic heterocycles. The summed E-state index contributed by atoms with van der Waals surface area (Å²) in [6, 6.07) is 7.16. The van der Waals surface area contributed by atoms with Gasteiger partial charge >= 0.3 is 0 Å². The van der Waals surface area contributed by atoms with Gasteiger partial charge in [0.15, 0.2) is 0 Å². The van der Waals surface area contributed by atoms with Crippen molar-refractivity contribution in [3.05, 3.63) is 46.7 Å². The van der Waals surface area contributed by atoms with Crippen LogP contribution in [0.1, 0.15) is 34.8 Å². The van der Waals surface area contributed by atoms with Crippen molar-refractivity contribution < 1.29 is 9.53 Å². The Bertz CT molecular complexity index is 714. The number of carbonyl (C=O) groups is 1. The Morgan fingerprint density at radius 1 is 1.39 bits per heavy atom. The first-order valence-corrected chi connectivity index (χ1v) is 8.08. The summed E-state index contributed by atoms with van der Waals surface area (Å²) >= 11 is 6.05. The van der Waals surface area contributed by atoms with Crippen molar-refractivity contribution in [1.82, 2.24) is 14.7 Å². The summed E-state index contributed by atoms with van der Waals surface area (Å²) in [5.74, 6) is 0.795. The zero-order valence-corrected chi connectivity index (χ0v) is 14.1. The van der Waals surface area contributed by atoms with E-state index in [1.54, 1.807) is 30.0 Å². The van der Waals surface area contributed by atoms with Crippen molar-refractivity contribution in [2.24, 2.45) is 7.05 Å². The van der Waals surface area contributed by atoms with Gasteiger partial charge in [-0.25, -0.2) is 0 Å². The molecular formula is C17H20ClN3O2. The monoisotopic (exact) mass is 333 g/mol. The molecule has 5 nitrogen and oxygen atoms in total. The van der Waals surface area contributed by atoms with Gasteiger partial charge in [0.1, 0.15) is 5.75 Å². The van der Waals surface area contributed by atoms with Crippen molar-refractivity contribution in [3.63, 3.8) is 0 Å². The summed E-state index contributed by atoms with van der Waals surface area (Å²) in [6.45, 7) is 1.42. The van der Waals surface area contributed by atoms with E-state index in [1.807, 2.05) is 24.2 Å². The van der Waals surface area contributed by atoms with Crippen LogP contribution in [0.5, 0.6) is 5.75 Å². The van der Waals surface area contributed by atoms with Crippen molar-refractivity contribution >= 4 is 17.5 Å². The van der Waals surface area contributed by atoms with Crippen LogP contribution in [-0.4, -0.2) is 40.8 Å². The second kappa shape index (κ2) is 6.62. The highest BCUT2D eigenvalue weighted by Crippen LogP contribution is 2.29. The Kier molecular flexibility index (Phi) is 4.57. The molecule has 1 aromatic carbocycles. The molecule has 1 amide bonds. The maximum Gasteiger partial charge on any atom is 0.257 e. The molecule has 3 rings (SSSR count). The largest absolute Gasteiger partial charge is 0.496 e. The van der Waals surface area contributed by atoms with Crippen molar-refractivity contribution in [1.29, 1.82) is 0 Å². The Balaban J connectivity index is 1.81. The van der Waals surface area contributed by atoms with Crippen LogP contribution in [-0.2, 0) is 7.05 Å². The number of piperidine rings is 1. The number of methoxy groups -OCH3 is 1. The predicted molar refractivity (Wildman–Crippen MR) is 89.1 cm³/mol. The van der Waals surface area contributed by atoms with Crippen molar-refractivity contribution in [3.8, 4) is 5.75 Å². The fourth-order valence-electron chi connectivity index (χ4n) is 3.07. The highest BCUT2D eigenvalue weighted by Gasteiger charge is 2.28. The van der Waals surface area contributed by atoms with Gasteiger partial charge in [-0.15, -0.1) is 0 Å². The van der Waals surface area contributed by atoms with Gasteiger partial charge < -0.3 is 9.64 Å². The molecule has 122 valence electrons. The third-order valence-corrected chi connectivity index (χ3v) is 4.49. The van der Waals surface area contributed by atoms with Crippen molar-refractivity contribution in [2.75, 3.05) is 20.2 Å². The van der Waals surface area contributed by atoms with E-state index in [0.29, 0.717) is 22.9 Å². The lowest BCUT2D eigenvalue weighted by molar-refractivity contribution is 0.0702. The van der Waals surface area contributed by atoms with Crippen LogP contribution in [0, 0.1) is 0 Å². The van der Waals surface area contributed by atoms with Crippen LogP contribution in [0.4, 0.5) is 0 Å². The Labute approximate surface area is 140 Å². The predicted octanol–water partition coefficient (Wildman–Crippen LogP) is 3.10. The molecule has 0 saturated carbocycles. The minimum atomic E-state index is -0.0371. The van der Waals surface area contributed by atoms with Crippen LogP contribution < -0.4 is 4.74 Å². The van der Waals surface area contributed by atoms with Gasteiger partial charge in [-0.1, -0.05) is 11.6 Å². The molecule has 0 spiro atoms. The number of benzene rings is 1. The fourth-order valence-corrected chi connectivity index (χ4v) is 3.24. The van der Waals surface area contributed by atoms with Crippen LogP contribution in [0.3, 0.4) is 0 Å². The van der Waals surface area contributed by atoms with Crippen LogP contribution in [0.2, 0.25) is 5.02 Å². The van der Waals surface area contributed by atoms with Gasteiger partial charge in [-0.05, 0) is 37.1 Å². The second-order valence-corrected chi connectivity index (χ2v) is 6.29. The zero-order chi connectivity index (χ0) is 16.4. The van der Waals surface area contributed by atoms with Crippen LogP contribution in [0.15, 0.2) is 30.5 Å². The van der Waals surface area contributed by atoms with E-state index in [4.69, 9.17) is 16.3 Å². The van der Waals surface area contributed by atoms with E-state index >= 15 is 0 Å². The van der Waals surface area contributed by atoms with Crippen molar-refractivity contribution in [2.45, 2.75) is 18.8 Å². The minimum Gasteiger partial charge on any atom is -0.496 e. The molecule has 23 heavy (non-hydrogen) atoms. The van der Waals surface area contributed by atoms with Crippen LogP contribution in [0.25, 0.3) is 0 Å². The van der Waals surface area contributed by atoms with E-state index in [9.17, 15) is 4.79 Å². The molecule has 6 heteroatoms. The highest BCUT2D eigenvalue weighted by atomic mass is 35.5. The molecular weight excluding hydrogens is 314 g/mol. The maximum atomic E-state index is 12.9. The number of nitrogens with zero attached hydrogens (tertiary/aromatic N) is 3. The highest BCUT2D eigenvalue weighted by molar-refractivity contribution is 6.31. The molecule has 1 saturated heterocycles. The summed E-state index contributed by atoms with van der Waals surface area (Å²) < 4.78 is 7.11. The molecule has 2 aromatic rings. The number of carbonyl (C=O) groups excluding carboxylic acids is 1. The van der Waals surface area contributed by atoms with Gasteiger partial charge in [0.05, 0.1) is 18.4 Å². The molecule has 0 aliphatic carbocycles. The number of aryl methyl sites for hydroxylation is 1. The van der Waals surface area contributed by atoms with Gasteiger partial charge in [0, 0.05) is 37.3 Å². The smallest absolute Gasteiger partial charge is 0.257 e. The summed E-state index contributed by atoms with van der Waals surface area (Å²) in [4.78, 5) is 14.7. The first kappa shape index (κ1) is 15.9. The standard InChI is InChI=1S/C17H20ClN3O2/c1-20-9-7-15(19-20)12-4-3-8-21(11-12)17(22)14-10-13(18)5-6-16(14)23-2/h5-7,9-10,12H,3-4,8,11H2,1-2H3/t12-/m1/s1. The Morgan fingerprint density at radius 3 is 2.91 bits per heavy atom. The summed E-state index contributed by atoms with van der Waals surface area (Å²) in [7, 11) is 3.47. The number of hydrogen-bond acceptors (Lipinski definition) is 3. The zero-order valence-electron chi connectivity index (χ0n) is 13.3. The van der Waals surface area contributed by atoms with Gasteiger partial charge in [-0.2, -0.15) is 5.10 Å². The Hall–Kier alpha value is -2.01. The average molecular weight is 334 g/mol. The molecule has 2 heterocycles. The number of amides is 1. The summed E-state index contributed by atoms with van der Waals surface area (Å²) in [5, 5.41) is 5.02. The van der Waals surface area contributed by atoms with Crippen LogP contribution >= 0.6 is 11.6 Å². The molecule has 1 aliphatic heterocycles. The number of halogens is 1. The average Bonchev–Trinajstić information content (AvgIpc) is 3.01. The molecule has 1 aliphatic rings. The molecule has 0 radical (unpaired) electrons. The third-order valence-electron chi connectivity index (χ3n) is 4.25. The maximum absolute atomic E-state index is 12.9. The topological polar surface area (TPSA) is 47.4 Å². The molecule has 0 bridgehead atoms. The van der Waals surface area contributed by atoms with Gasteiger partial charge in [0.25, 0.3) is 5.91 Å².